The van der Waals surface area contributed by atoms with E-state index in [0.29, 0.717) is 16.4 Å². The molecule has 0 aliphatic rings. The first kappa shape index (κ1) is 21.2. The lowest BCUT2D eigenvalue weighted by atomic mass is 10.1. The van der Waals surface area contributed by atoms with Gasteiger partial charge in [0.25, 0.3) is 0 Å². The van der Waals surface area contributed by atoms with Crippen LogP contribution in [0, 0.1) is 25.2 Å². The maximum absolute atomic E-state index is 12.7. The van der Waals surface area contributed by atoms with Gasteiger partial charge in [0.15, 0.2) is 6.61 Å². The van der Waals surface area contributed by atoms with E-state index in [1.807, 2.05) is 6.07 Å². The number of anilines is 1. The SMILES string of the molecule is CCOC(=O)CNc1ccc(Cl)cc1C(=O)COc1nc(C)cc(C)c1C#N. The summed E-state index contributed by atoms with van der Waals surface area (Å²) in [5.41, 5.74) is 2.38. The number of aromatic nitrogens is 1. The van der Waals surface area contributed by atoms with Crippen molar-refractivity contribution in [3.63, 3.8) is 0 Å². The van der Waals surface area contributed by atoms with Gasteiger partial charge < -0.3 is 14.8 Å². The number of pyridine rings is 1. The van der Waals surface area contributed by atoms with Gasteiger partial charge in [-0.05, 0) is 50.6 Å². The largest absolute Gasteiger partial charge is 0.468 e. The Morgan fingerprint density at radius 3 is 2.71 bits per heavy atom. The predicted octanol–water partition coefficient (Wildman–Crippen LogP) is 3.46. The number of carbonyl (C=O) groups is 2. The summed E-state index contributed by atoms with van der Waals surface area (Å²) in [6.07, 6.45) is 0. The van der Waals surface area contributed by atoms with E-state index in [2.05, 4.69) is 10.3 Å². The molecule has 28 heavy (non-hydrogen) atoms. The highest BCUT2D eigenvalue weighted by molar-refractivity contribution is 6.31. The number of nitrogens with one attached hydrogen (secondary N) is 1. The van der Waals surface area contributed by atoms with Crippen molar-refractivity contribution in [2.24, 2.45) is 0 Å². The molecular formula is C20H20ClN3O4. The van der Waals surface area contributed by atoms with Crippen molar-refractivity contribution in [3.05, 3.63) is 51.7 Å². The molecule has 1 heterocycles. The Morgan fingerprint density at radius 1 is 1.29 bits per heavy atom. The third kappa shape index (κ3) is 5.44. The second-order valence-corrected chi connectivity index (χ2v) is 6.37. The lowest BCUT2D eigenvalue weighted by Crippen LogP contribution is -2.20. The Morgan fingerprint density at radius 2 is 2.04 bits per heavy atom. The predicted molar refractivity (Wildman–Crippen MR) is 105 cm³/mol. The van der Waals surface area contributed by atoms with E-state index in [1.54, 1.807) is 39.0 Å². The van der Waals surface area contributed by atoms with E-state index in [0.717, 1.165) is 5.56 Å². The molecule has 1 aromatic heterocycles. The minimum Gasteiger partial charge on any atom is -0.468 e. The number of aryl methyl sites for hydroxylation is 2. The van der Waals surface area contributed by atoms with E-state index < -0.39 is 5.97 Å². The number of ketones is 1. The van der Waals surface area contributed by atoms with Gasteiger partial charge in [-0.15, -0.1) is 0 Å². The first-order valence-electron chi connectivity index (χ1n) is 8.59. The lowest BCUT2D eigenvalue weighted by molar-refractivity contribution is -0.140. The summed E-state index contributed by atoms with van der Waals surface area (Å²) >= 11 is 6.01. The van der Waals surface area contributed by atoms with Crippen LogP contribution in [-0.4, -0.2) is 36.5 Å². The van der Waals surface area contributed by atoms with Crippen LogP contribution in [0.1, 0.15) is 34.1 Å². The van der Waals surface area contributed by atoms with Gasteiger partial charge in [0.2, 0.25) is 11.7 Å². The Labute approximate surface area is 168 Å². The molecule has 0 aliphatic heterocycles. The number of Topliss-reactive ketones (excluding diaryl/α,β-unsaturated/α-hetero) is 1. The minimum atomic E-state index is -0.440. The number of benzene rings is 1. The number of carbonyl (C=O) groups excluding carboxylic acids is 2. The lowest BCUT2D eigenvalue weighted by Gasteiger charge is -2.13. The van der Waals surface area contributed by atoms with E-state index in [4.69, 9.17) is 21.1 Å². The van der Waals surface area contributed by atoms with E-state index >= 15 is 0 Å². The van der Waals surface area contributed by atoms with E-state index in [-0.39, 0.29) is 42.5 Å². The van der Waals surface area contributed by atoms with Crippen molar-refractivity contribution in [2.45, 2.75) is 20.8 Å². The van der Waals surface area contributed by atoms with Gasteiger partial charge in [-0.2, -0.15) is 5.26 Å². The van der Waals surface area contributed by atoms with Crippen molar-refractivity contribution in [2.75, 3.05) is 25.1 Å². The van der Waals surface area contributed by atoms with Crippen molar-refractivity contribution >= 4 is 29.0 Å². The quantitative estimate of drug-likeness (QED) is 0.533. The van der Waals surface area contributed by atoms with Gasteiger partial charge in [-0.25, -0.2) is 4.98 Å². The van der Waals surface area contributed by atoms with Gasteiger partial charge in [0.1, 0.15) is 18.2 Å². The third-order valence-electron chi connectivity index (χ3n) is 3.77. The average molecular weight is 402 g/mol. The number of halogens is 1. The number of hydrogen-bond donors (Lipinski definition) is 1. The molecule has 0 amide bonds. The van der Waals surface area contributed by atoms with Gasteiger partial charge in [0, 0.05) is 22.0 Å². The van der Waals surface area contributed by atoms with E-state index in [9.17, 15) is 14.9 Å². The molecule has 1 N–H and O–H groups in total. The minimum absolute atomic E-state index is 0.0895. The Bertz CT molecular complexity index is 938. The fourth-order valence-electron chi connectivity index (χ4n) is 2.54. The molecule has 2 rings (SSSR count). The van der Waals surface area contributed by atoms with Gasteiger partial charge in [-0.1, -0.05) is 11.6 Å². The highest BCUT2D eigenvalue weighted by Gasteiger charge is 2.17. The Balaban J connectivity index is 2.17. The second kappa shape index (κ2) is 9.72. The second-order valence-electron chi connectivity index (χ2n) is 5.93. The number of ether oxygens (including phenoxy) is 2. The fourth-order valence-corrected chi connectivity index (χ4v) is 2.71. The summed E-state index contributed by atoms with van der Waals surface area (Å²) in [5, 5.41) is 12.5. The van der Waals surface area contributed by atoms with Crippen LogP contribution in [0.2, 0.25) is 5.02 Å². The molecule has 146 valence electrons. The third-order valence-corrected chi connectivity index (χ3v) is 4.01. The molecule has 0 radical (unpaired) electrons. The van der Waals surface area contributed by atoms with Crippen LogP contribution in [0.25, 0.3) is 0 Å². The molecule has 0 spiro atoms. The molecule has 0 aliphatic carbocycles. The first-order chi connectivity index (χ1) is 13.3. The van der Waals surface area contributed by atoms with Crippen LogP contribution in [0.4, 0.5) is 5.69 Å². The zero-order valence-electron chi connectivity index (χ0n) is 15.8. The molecular weight excluding hydrogens is 382 g/mol. The molecule has 8 heteroatoms. The molecule has 0 unspecified atom stereocenters. The maximum Gasteiger partial charge on any atom is 0.325 e. The molecule has 7 nitrogen and oxygen atoms in total. The summed E-state index contributed by atoms with van der Waals surface area (Å²) in [5.74, 6) is -0.708. The number of esters is 1. The fraction of sp³-hybridized carbons (Fsp3) is 0.300. The smallest absolute Gasteiger partial charge is 0.325 e. The number of nitriles is 1. The van der Waals surface area contributed by atoms with Crippen molar-refractivity contribution in [3.8, 4) is 11.9 Å². The molecule has 0 fully saturated rings. The van der Waals surface area contributed by atoms with Gasteiger partial charge in [-0.3, -0.25) is 9.59 Å². The average Bonchev–Trinajstić information content (AvgIpc) is 2.65. The molecule has 0 atom stereocenters. The zero-order chi connectivity index (χ0) is 20.7. The van der Waals surface area contributed by atoms with Crippen LogP contribution in [-0.2, 0) is 9.53 Å². The van der Waals surface area contributed by atoms with Crippen LogP contribution >= 0.6 is 11.6 Å². The summed E-state index contributed by atoms with van der Waals surface area (Å²) in [6.45, 7) is 5.11. The van der Waals surface area contributed by atoms with Crippen molar-refractivity contribution in [1.29, 1.82) is 5.26 Å². The van der Waals surface area contributed by atoms with Crippen LogP contribution < -0.4 is 10.1 Å². The molecule has 1 aromatic carbocycles. The standard InChI is InChI=1S/C20H20ClN3O4/c1-4-27-19(26)10-23-17-6-5-14(21)8-15(17)18(25)11-28-20-16(9-22)12(2)7-13(3)24-20/h5-8,23H,4,10-11H2,1-3H3. The highest BCUT2D eigenvalue weighted by atomic mass is 35.5. The highest BCUT2D eigenvalue weighted by Crippen LogP contribution is 2.23. The first-order valence-corrected chi connectivity index (χ1v) is 8.96. The Hall–Kier alpha value is -3.11. The van der Waals surface area contributed by atoms with Crippen LogP contribution in [0.5, 0.6) is 5.88 Å². The topological polar surface area (TPSA) is 101 Å². The molecule has 0 saturated heterocycles. The molecule has 0 bridgehead atoms. The monoisotopic (exact) mass is 401 g/mol. The summed E-state index contributed by atoms with van der Waals surface area (Å²) < 4.78 is 10.4. The van der Waals surface area contributed by atoms with Crippen molar-refractivity contribution in [1.82, 2.24) is 4.98 Å². The molecule has 2 aromatic rings. The number of nitrogens with zero attached hydrogens (tertiary/aromatic N) is 2. The Kier molecular flexibility index (Phi) is 7.36. The maximum atomic E-state index is 12.7. The zero-order valence-corrected chi connectivity index (χ0v) is 16.6. The number of hydrogen-bond acceptors (Lipinski definition) is 7. The van der Waals surface area contributed by atoms with Gasteiger partial charge >= 0.3 is 5.97 Å². The normalized spacial score (nSPS) is 10.1. The molecule has 0 saturated carbocycles. The van der Waals surface area contributed by atoms with E-state index in [1.165, 1.54) is 6.07 Å². The van der Waals surface area contributed by atoms with Crippen LogP contribution in [0.15, 0.2) is 24.3 Å². The summed E-state index contributed by atoms with van der Waals surface area (Å²) in [6, 6.07) is 8.49. The van der Waals surface area contributed by atoms with Gasteiger partial charge in [0.05, 0.1) is 6.61 Å². The summed E-state index contributed by atoms with van der Waals surface area (Å²) in [4.78, 5) is 28.4. The summed E-state index contributed by atoms with van der Waals surface area (Å²) in [7, 11) is 0. The van der Waals surface area contributed by atoms with Crippen molar-refractivity contribution < 1.29 is 19.1 Å². The van der Waals surface area contributed by atoms with Crippen LogP contribution in [0.3, 0.4) is 0 Å². The number of rotatable bonds is 8.